The molecule has 0 radical (unpaired) electrons. The Morgan fingerprint density at radius 3 is 2.41 bits per heavy atom. The number of hydrogen-bond donors (Lipinski definition) is 3. The Balaban J connectivity index is 2.29. The fraction of sp³-hybridized carbons (Fsp3) is 0.286. The molecule has 0 aliphatic heterocycles. The van der Waals surface area contributed by atoms with Crippen LogP contribution in [0.15, 0.2) is 30.3 Å². The van der Waals surface area contributed by atoms with E-state index in [0.717, 1.165) is 28.0 Å². The molecule has 2 rings (SSSR count). The van der Waals surface area contributed by atoms with Gasteiger partial charge in [0.25, 0.3) is 0 Å². The lowest BCUT2D eigenvalue weighted by Gasteiger charge is -2.13. The van der Waals surface area contributed by atoms with Gasteiger partial charge in [-0.05, 0) is 54.3 Å². The van der Waals surface area contributed by atoms with E-state index in [4.69, 9.17) is 20.3 Å². The second-order valence-electron chi connectivity index (χ2n) is 6.24. The van der Waals surface area contributed by atoms with E-state index in [-0.39, 0.29) is 0 Å². The molecule has 144 valence electrons. The van der Waals surface area contributed by atoms with Crippen molar-refractivity contribution in [1.29, 1.82) is 0 Å². The highest BCUT2D eigenvalue weighted by Crippen LogP contribution is 2.28. The number of aliphatic hydroxyl groups excluding tert-OH is 1. The highest BCUT2D eigenvalue weighted by molar-refractivity contribution is 5.96. The Bertz CT molecular complexity index is 846. The van der Waals surface area contributed by atoms with Gasteiger partial charge in [0.15, 0.2) is 0 Å². The van der Waals surface area contributed by atoms with Crippen LogP contribution in [0, 0.1) is 13.8 Å². The van der Waals surface area contributed by atoms with E-state index in [0.29, 0.717) is 11.4 Å². The van der Waals surface area contributed by atoms with Gasteiger partial charge < -0.3 is 25.6 Å². The number of nitrogens with two attached hydrogens (primary N) is 1. The molecule has 0 heterocycles. The summed E-state index contributed by atoms with van der Waals surface area (Å²) in [6.07, 6.45) is 3.91. The molecule has 0 saturated carbocycles. The quantitative estimate of drug-likeness (QED) is 0.652. The zero-order chi connectivity index (χ0) is 20.0. The summed E-state index contributed by atoms with van der Waals surface area (Å²) in [6.45, 7) is 3.64. The Hall–Kier alpha value is -2.83. The molecular weight excluding hydrogens is 344 g/mol. The van der Waals surface area contributed by atoms with Gasteiger partial charge in [-0.15, -0.1) is 0 Å². The molecule has 6 heteroatoms. The van der Waals surface area contributed by atoms with Crippen LogP contribution >= 0.6 is 0 Å². The number of aryl methyl sites for hydroxylation is 1. The molecule has 1 amide bonds. The Kier molecular flexibility index (Phi) is 6.98. The third-order valence-corrected chi connectivity index (χ3v) is 4.35. The first-order valence-electron chi connectivity index (χ1n) is 8.58. The van der Waals surface area contributed by atoms with Crippen LogP contribution in [-0.4, -0.2) is 37.9 Å². The molecule has 1 atom stereocenters. The van der Waals surface area contributed by atoms with Crippen LogP contribution in [0.2, 0.25) is 0 Å². The number of carbonyl (C=O) groups excluding carboxylic acids is 1. The van der Waals surface area contributed by atoms with Crippen LogP contribution in [0.4, 0.5) is 5.69 Å². The maximum atomic E-state index is 12.0. The summed E-state index contributed by atoms with van der Waals surface area (Å²) in [5.74, 6) is 0.879. The van der Waals surface area contributed by atoms with Gasteiger partial charge in [-0.2, -0.15) is 0 Å². The van der Waals surface area contributed by atoms with Gasteiger partial charge in [-0.25, -0.2) is 0 Å². The highest BCUT2D eigenvalue weighted by atomic mass is 16.5. The number of nitrogens with one attached hydrogen (secondary N) is 1. The smallest absolute Gasteiger partial charge is 0.243 e. The van der Waals surface area contributed by atoms with E-state index >= 15 is 0 Å². The fourth-order valence-corrected chi connectivity index (χ4v) is 2.59. The minimum Gasteiger partial charge on any atom is -0.496 e. The summed E-state index contributed by atoms with van der Waals surface area (Å²) in [7, 11) is 3.18. The van der Waals surface area contributed by atoms with Crippen LogP contribution in [-0.2, 0) is 4.79 Å². The second-order valence-corrected chi connectivity index (χ2v) is 6.24. The van der Waals surface area contributed by atoms with E-state index in [2.05, 4.69) is 11.4 Å². The maximum absolute atomic E-state index is 12.0. The number of anilines is 1. The van der Waals surface area contributed by atoms with Crippen LogP contribution < -0.4 is 20.5 Å². The monoisotopic (exact) mass is 370 g/mol. The number of rotatable bonds is 7. The van der Waals surface area contributed by atoms with E-state index in [9.17, 15) is 4.79 Å². The number of hydrogen-bond acceptors (Lipinski definition) is 5. The molecule has 0 bridgehead atoms. The zero-order valence-electron chi connectivity index (χ0n) is 16.1. The van der Waals surface area contributed by atoms with Crippen LogP contribution in [0.1, 0.15) is 22.3 Å². The standard InChI is InChI=1S/C21H26N2O4/c1-13-9-16(11-20(27-4)14(13)2)6-5-15-7-8-19(26-3)18(10-15)23-21(25)17(22)12-24/h5-11,17,24H,12,22H2,1-4H3,(H,23,25)/b6-5-/t17-/m0/s1. The molecule has 2 aromatic rings. The first-order valence-corrected chi connectivity index (χ1v) is 8.58. The molecule has 0 spiro atoms. The Morgan fingerprint density at radius 1 is 1.11 bits per heavy atom. The third-order valence-electron chi connectivity index (χ3n) is 4.35. The molecule has 0 aliphatic carbocycles. The lowest BCUT2D eigenvalue weighted by atomic mass is 10.0. The third kappa shape index (κ3) is 5.09. The SMILES string of the molecule is COc1ccc(/C=C\c2cc(C)c(C)c(OC)c2)cc1NC(=O)[C@@H](N)CO. The summed E-state index contributed by atoms with van der Waals surface area (Å²) >= 11 is 0. The molecule has 6 nitrogen and oxygen atoms in total. The number of aliphatic hydroxyl groups is 1. The fourth-order valence-electron chi connectivity index (χ4n) is 2.59. The van der Waals surface area contributed by atoms with Gasteiger partial charge in [0.2, 0.25) is 5.91 Å². The van der Waals surface area contributed by atoms with Crippen molar-refractivity contribution in [2.45, 2.75) is 19.9 Å². The Morgan fingerprint density at radius 2 is 1.78 bits per heavy atom. The average Bonchev–Trinajstić information content (AvgIpc) is 2.68. The first-order chi connectivity index (χ1) is 12.9. The minimum absolute atomic E-state index is 0.428. The van der Waals surface area contributed by atoms with Crippen molar-refractivity contribution in [3.63, 3.8) is 0 Å². The largest absolute Gasteiger partial charge is 0.496 e. The molecule has 0 aromatic heterocycles. The summed E-state index contributed by atoms with van der Waals surface area (Å²) in [4.78, 5) is 12.0. The molecular formula is C21H26N2O4. The van der Waals surface area contributed by atoms with Crippen molar-refractivity contribution < 1.29 is 19.4 Å². The second kappa shape index (κ2) is 9.21. The number of carbonyl (C=O) groups is 1. The molecule has 2 aromatic carbocycles. The predicted molar refractivity (Wildman–Crippen MR) is 108 cm³/mol. The zero-order valence-corrected chi connectivity index (χ0v) is 16.1. The molecule has 0 unspecified atom stereocenters. The summed E-state index contributed by atoms with van der Waals surface area (Å²) in [6, 6.07) is 8.51. The van der Waals surface area contributed by atoms with Crippen LogP contribution in [0.3, 0.4) is 0 Å². The van der Waals surface area contributed by atoms with Crippen molar-refractivity contribution in [2.24, 2.45) is 5.73 Å². The Labute approximate surface area is 159 Å². The van der Waals surface area contributed by atoms with E-state index in [1.165, 1.54) is 7.11 Å². The van der Waals surface area contributed by atoms with Gasteiger partial charge >= 0.3 is 0 Å². The number of amides is 1. The van der Waals surface area contributed by atoms with Crippen LogP contribution in [0.25, 0.3) is 12.2 Å². The van der Waals surface area contributed by atoms with Crippen molar-refractivity contribution in [3.05, 3.63) is 52.6 Å². The topological polar surface area (TPSA) is 93.8 Å². The predicted octanol–water partition coefficient (Wildman–Crippen LogP) is 2.75. The minimum atomic E-state index is -0.989. The summed E-state index contributed by atoms with van der Waals surface area (Å²) < 4.78 is 10.7. The van der Waals surface area contributed by atoms with Crippen molar-refractivity contribution in [1.82, 2.24) is 0 Å². The first kappa shape index (κ1) is 20.5. The lowest BCUT2D eigenvalue weighted by Crippen LogP contribution is -2.38. The van der Waals surface area contributed by atoms with E-state index in [1.807, 2.05) is 38.1 Å². The molecule has 27 heavy (non-hydrogen) atoms. The molecule has 0 fully saturated rings. The van der Waals surface area contributed by atoms with Crippen molar-refractivity contribution >= 4 is 23.7 Å². The molecule has 0 aliphatic rings. The highest BCUT2D eigenvalue weighted by Gasteiger charge is 2.14. The number of benzene rings is 2. The summed E-state index contributed by atoms with van der Waals surface area (Å²) in [5.41, 5.74) is 10.2. The van der Waals surface area contributed by atoms with Gasteiger partial charge in [0.05, 0.1) is 26.5 Å². The van der Waals surface area contributed by atoms with Gasteiger partial charge in [-0.3, -0.25) is 4.79 Å². The molecule has 4 N–H and O–H groups in total. The van der Waals surface area contributed by atoms with Gasteiger partial charge in [-0.1, -0.05) is 24.3 Å². The summed E-state index contributed by atoms with van der Waals surface area (Å²) in [5, 5.41) is 11.7. The van der Waals surface area contributed by atoms with Crippen LogP contribution in [0.5, 0.6) is 11.5 Å². The number of ether oxygens (including phenoxy) is 2. The number of methoxy groups -OCH3 is 2. The van der Waals surface area contributed by atoms with Gasteiger partial charge in [0, 0.05) is 0 Å². The maximum Gasteiger partial charge on any atom is 0.243 e. The average molecular weight is 370 g/mol. The van der Waals surface area contributed by atoms with Crippen molar-refractivity contribution in [3.8, 4) is 11.5 Å². The molecule has 0 saturated heterocycles. The van der Waals surface area contributed by atoms with E-state index < -0.39 is 18.6 Å². The van der Waals surface area contributed by atoms with Crippen molar-refractivity contribution in [2.75, 3.05) is 26.1 Å². The lowest BCUT2D eigenvalue weighted by molar-refractivity contribution is -0.118. The van der Waals surface area contributed by atoms with E-state index in [1.54, 1.807) is 19.2 Å². The van der Waals surface area contributed by atoms with Gasteiger partial charge in [0.1, 0.15) is 17.5 Å². The normalized spacial score (nSPS) is 12.1.